The molecule has 0 saturated heterocycles. The van der Waals surface area contributed by atoms with Crippen LogP contribution in [0.4, 0.5) is 4.79 Å². The van der Waals surface area contributed by atoms with Gasteiger partial charge in [0.25, 0.3) is 0 Å². The number of nitrogens with one attached hydrogen (secondary N) is 1. The van der Waals surface area contributed by atoms with Gasteiger partial charge in [-0.1, -0.05) is 46.5 Å². The van der Waals surface area contributed by atoms with Gasteiger partial charge in [0.05, 0.1) is 6.61 Å². The average molecular weight is 259 g/mol. The zero-order valence-corrected chi connectivity index (χ0v) is 11.6. The zero-order valence-electron chi connectivity index (χ0n) is 11.6. The highest BCUT2D eigenvalue weighted by atomic mass is 16.5. The minimum atomic E-state index is -1.02. The van der Waals surface area contributed by atoms with Crippen molar-refractivity contribution in [2.24, 2.45) is 5.92 Å². The molecule has 0 aromatic heterocycles. The Morgan fingerprint density at radius 2 is 1.89 bits per heavy atom. The fraction of sp³-hybridized carbons (Fsp3) is 0.846. The first-order valence-electron chi connectivity index (χ1n) is 6.69. The number of unbranched alkanes of at least 4 members (excludes halogenated alkanes) is 3. The quantitative estimate of drug-likeness (QED) is 0.624. The van der Waals surface area contributed by atoms with E-state index in [1.54, 1.807) is 6.92 Å². The summed E-state index contributed by atoms with van der Waals surface area (Å²) in [5, 5.41) is 11.4. The maximum absolute atomic E-state index is 11.4. The smallest absolute Gasteiger partial charge is 0.407 e. The molecule has 2 N–H and O–H groups in total. The molecule has 0 unspecified atom stereocenters. The van der Waals surface area contributed by atoms with Crippen molar-refractivity contribution in [2.75, 3.05) is 6.61 Å². The Kier molecular flexibility index (Phi) is 9.06. The lowest BCUT2D eigenvalue weighted by Crippen LogP contribution is -2.45. The number of carboxylic acids is 1. The number of aliphatic carboxylic acids is 1. The van der Waals surface area contributed by atoms with E-state index in [2.05, 4.69) is 12.2 Å². The molecule has 0 fully saturated rings. The van der Waals surface area contributed by atoms with Crippen LogP contribution in [-0.2, 0) is 9.53 Å². The summed E-state index contributed by atoms with van der Waals surface area (Å²) < 4.78 is 4.95. The van der Waals surface area contributed by atoms with Gasteiger partial charge in [0, 0.05) is 0 Å². The van der Waals surface area contributed by atoms with Crippen molar-refractivity contribution < 1.29 is 19.4 Å². The molecular weight excluding hydrogens is 234 g/mol. The van der Waals surface area contributed by atoms with Gasteiger partial charge in [-0.2, -0.15) is 0 Å². The predicted molar refractivity (Wildman–Crippen MR) is 69.5 cm³/mol. The molecular formula is C13H25NO4. The highest BCUT2D eigenvalue weighted by Gasteiger charge is 2.25. The second-order valence-corrected chi connectivity index (χ2v) is 4.54. The van der Waals surface area contributed by atoms with Gasteiger partial charge in [-0.3, -0.25) is 0 Å². The lowest BCUT2D eigenvalue weighted by Gasteiger charge is -2.19. The summed E-state index contributed by atoms with van der Waals surface area (Å²) in [6, 6.07) is -0.877. The maximum Gasteiger partial charge on any atom is 0.407 e. The van der Waals surface area contributed by atoms with Crippen molar-refractivity contribution in [3.63, 3.8) is 0 Å². The Balaban J connectivity index is 3.92. The molecule has 0 aromatic rings. The average Bonchev–Trinajstić information content (AvgIpc) is 2.34. The highest BCUT2D eigenvalue weighted by Crippen LogP contribution is 2.08. The number of ether oxygens (including phenoxy) is 1. The number of alkyl carbamates (subject to hydrolysis) is 1. The third-order valence-electron chi connectivity index (χ3n) is 2.98. The molecule has 0 bridgehead atoms. The fourth-order valence-corrected chi connectivity index (χ4v) is 1.55. The van der Waals surface area contributed by atoms with E-state index in [0.717, 1.165) is 25.7 Å². The number of carbonyl (C=O) groups is 2. The molecule has 106 valence electrons. The van der Waals surface area contributed by atoms with E-state index < -0.39 is 18.1 Å². The van der Waals surface area contributed by atoms with Gasteiger partial charge in [-0.15, -0.1) is 0 Å². The van der Waals surface area contributed by atoms with Gasteiger partial charge >= 0.3 is 12.1 Å². The molecule has 0 heterocycles. The van der Waals surface area contributed by atoms with Crippen LogP contribution >= 0.6 is 0 Å². The van der Waals surface area contributed by atoms with Crippen LogP contribution < -0.4 is 5.32 Å². The van der Waals surface area contributed by atoms with Crippen LogP contribution in [0.15, 0.2) is 0 Å². The first kappa shape index (κ1) is 16.7. The van der Waals surface area contributed by atoms with E-state index in [9.17, 15) is 9.59 Å². The Morgan fingerprint density at radius 3 is 2.39 bits per heavy atom. The fourth-order valence-electron chi connectivity index (χ4n) is 1.55. The molecule has 0 rings (SSSR count). The Morgan fingerprint density at radius 1 is 1.22 bits per heavy atom. The third-order valence-corrected chi connectivity index (χ3v) is 2.98. The van der Waals surface area contributed by atoms with E-state index in [1.807, 2.05) is 6.92 Å². The van der Waals surface area contributed by atoms with E-state index in [4.69, 9.17) is 9.84 Å². The molecule has 2 atom stereocenters. The summed E-state index contributed by atoms with van der Waals surface area (Å²) in [5.74, 6) is -1.14. The van der Waals surface area contributed by atoms with Crippen LogP contribution in [0.25, 0.3) is 0 Å². The molecule has 0 radical (unpaired) electrons. The minimum Gasteiger partial charge on any atom is -0.480 e. The Hall–Kier alpha value is -1.26. The van der Waals surface area contributed by atoms with Gasteiger partial charge in [-0.05, 0) is 12.3 Å². The number of carbonyl (C=O) groups excluding carboxylic acids is 1. The van der Waals surface area contributed by atoms with Crippen molar-refractivity contribution in [1.29, 1.82) is 0 Å². The largest absolute Gasteiger partial charge is 0.480 e. The molecule has 0 aromatic carbocycles. The molecule has 5 nitrogen and oxygen atoms in total. The first-order valence-corrected chi connectivity index (χ1v) is 6.69. The molecule has 5 heteroatoms. The second kappa shape index (κ2) is 9.74. The number of hydrogen-bond acceptors (Lipinski definition) is 3. The molecule has 0 aliphatic rings. The second-order valence-electron chi connectivity index (χ2n) is 4.54. The lowest BCUT2D eigenvalue weighted by molar-refractivity contribution is -0.140. The third kappa shape index (κ3) is 7.14. The minimum absolute atomic E-state index is 0.116. The Bertz CT molecular complexity index is 255. The first-order chi connectivity index (χ1) is 8.52. The van der Waals surface area contributed by atoms with Crippen LogP contribution in [0.5, 0.6) is 0 Å². The Labute approximate surface area is 109 Å². The van der Waals surface area contributed by atoms with Crippen molar-refractivity contribution in [1.82, 2.24) is 5.32 Å². The van der Waals surface area contributed by atoms with Gasteiger partial charge in [0.2, 0.25) is 0 Å². The lowest BCUT2D eigenvalue weighted by atomic mass is 10.00. The SMILES string of the molecule is CCCCCCOC(=O)N[C@H](C(=O)O)[C@@H](C)CC. The summed E-state index contributed by atoms with van der Waals surface area (Å²) in [6.45, 7) is 6.13. The van der Waals surface area contributed by atoms with E-state index >= 15 is 0 Å². The van der Waals surface area contributed by atoms with Gasteiger partial charge in [0.15, 0.2) is 0 Å². The molecule has 0 aliphatic heterocycles. The van der Waals surface area contributed by atoms with Crippen LogP contribution in [0.3, 0.4) is 0 Å². The number of carboxylic acid groups (broad SMARTS) is 1. The van der Waals surface area contributed by atoms with Crippen LogP contribution in [0.1, 0.15) is 52.9 Å². The maximum atomic E-state index is 11.4. The van der Waals surface area contributed by atoms with Crippen molar-refractivity contribution >= 4 is 12.1 Å². The monoisotopic (exact) mass is 259 g/mol. The van der Waals surface area contributed by atoms with Crippen LogP contribution in [0.2, 0.25) is 0 Å². The molecule has 1 amide bonds. The van der Waals surface area contributed by atoms with Crippen molar-refractivity contribution in [3.8, 4) is 0 Å². The molecule has 0 saturated carbocycles. The van der Waals surface area contributed by atoms with E-state index in [0.29, 0.717) is 13.0 Å². The van der Waals surface area contributed by atoms with Crippen molar-refractivity contribution in [2.45, 2.75) is 58.9 Å². The molecule has 18 heavy (non-hydrogen) atoms. The molecule has 0 spiro atoms. The summed E-state index contributed by atoms with van der Waals surface area (Å²) in [5.41, 5.74) is 0. The zero-order chi connectivity index (χ0) is 14.0. The normalized spacial score (nSPS) is 13.7. The summed E-state index contributed by atoms with van der Waals surface area (Å²) >= 11 is 0. The van der Waals surface area contributed by atoms with E-state index in [1.165, 1.54) is 0 Å². The predicted octanol–water partition coefficient (Wildman–Crippen LogP) is 2.79. The number of amides is 1. The highest BCUT2D eigenvalue weighted by molar-refractivity contribution is 5.80. The van der Waals surface area contributed by atoms with Gasteiger partial charge < -0.3 is 15.2 Å². The van der Waals surface area contributed by atoms with Crippen LogP contribution in [-0.4, -0.2) is 29.8 Å². The van der Waals surface area contributed by atoms with Gasteiger partial charge in [0.1, 0.15) is 6.04 Å². The van der Waals surface area contributed by atoms with E-state index in [-0.39, 0.29) is 5.92 Å². The summed E-state index contributed by atoms with van der Waals surface area (Å²) in [7, 11) is 0. The van der Waals surface area contributed by atoms with Crippen molar-refractivity contribution in [3.05, 3.63) is 0 Å². The number of rotatable bonds is 9. The van der Waals surface area contributed by atoms with Gasteiger partial charge in [-0.25, -0.2) is 9.59 Å². The summed E-state index contributed by atoms with van der Waals surface area (Å²) in [6.07, 6.45) is 4.14. The van der Waals surface area contributed by atoms with Crippen LogP contribution in [0, 0.1) is 5.92 Å². The molecule has 0 aliphatic carbocycles. The number of hydrogen-bond donors (Lipinski definition) is 2. The topological polar surface area (TPSA) is 75.6 Å². The standard InChI is InChI=1S/C13H25NO4/c1-4-6-7-8-9-18-13(17)14-11(12(15)16)10(3)5-2/h10-11H,4-9H2,1-3H3,(H,14,17)(H,15,16)/t10-,11-/m0/s1. The summed E-state index contributed by atoms with van der Waals surface area (Å²) in [4.78, 5) is 22.4.